The SMILES string of the molecule is CCc1c(C(=O)Nc2ccc3nc(NC(C)=O)sc3c2)cnn1-c1ccccc1. The largest absolute Gasteiger partial charge is 0.322 e. The summed E-state index contributed by atoms with van der Waals surface area (Å²) in [6.45, 7) is 3.44. The van der Waals surface area contributed by atoms with Gasteiger partial charge in [-0.1, -0.05) is 36.5 Å². The molecular weight excluding hydrogens is 386 g/mol. The summed E-state index contributed by atoms with van der Waals surface area (Å²) in [6, 6.07) is 15.2. The summed E-state index contributed by atoms with van der Waals surface area (Å²) in [5, 5.41) is 10.6. The second kappa shape index (κ2) is 7.84. The number of thiazole rings is 1. The Kier molecular flexibility index (Phi) is 5.09. The Morgan fingerprint density at radius 3 is 2.62 bits per heavy atom. The quantitative estimate of drug-likeness (QED) is 0.519. The first-order chi connectivity index (χ1) is 14.0. The van der Waals surface area contributed by atoms with Crippen LogP contribution in [0.2, 0.25) is 0 Å². The van der Waals surface area contributed by atoms with Crippen LogP contribution in [-0.4, -0.2) is 26.6 Å². The second-order valence-corrected chi connectivity index (χ2v) is 7.47. The van der Waals surface area contributed by atoms with Gasteiger partial charge in [-0.2, -0.15) is 5.10 Å². The number of fused-ring (bicyclic) bond motifs is 1. The van der Waals surface area contributed by atoms with Crippen molar-refractivity contribution in [1.82, 2.24) is 14.8 Å². The Balaban J connectivity index is 1.59. The van der Waals surface area contributed by atoms with Gasteiger partial charge in [-0.15, -0.1) is 0 Å². The number of para-hydroxylation sites is 1. The minimum atomic E-state index is -0.213. The topological polar surface area (TPSA) is 88.9 Å². The third-order valence-electron chi connectivity index (χ3n) is 4.38. The molecular formula is C21H19N5O2S. The van der Waals surface area contributed by atoms with Gasteiger partial charge in [0.05, 0.1) is 33.4 Å². The molecule has 0 aliphatic carbocycles. The summed E-state index contributed by atoms with van der Waals surface area (Å²) in [5.74, 6) is -0.380. The Morgan fingerprint density at radius 1 is 1.10 bits per heavy atom. The standard InChI is InChI=1S/C21H19N5O2S/c1-3-18-16(12-22-26(18)15-7-5-4-6-8-15)20(28)24-14-9-10-17-19(11-14)29-21(25-17)23-13(2)27/h4-12H,3H2,1-2H3,(H,24,28)(H,23,25,27). The first-order valence-corrected chi connectivity index (χ1v) is 9.98. The van der Waals surface area contributed by atoms with E-state index in [1.165, 1.54) is 18.3 Å². The molecule has 4 aromatic rings. The highest BCUT2D eigenvalue weighted by Crippen LogP contribution is 2.28. The fourth-order valence-corrected chi connectivity index (χ4v) is 4.05. The number of anilines is 2. The first-order valence-electron chi connectivity index (χ1n) is 9.17. The van der Waals surface area contributed by atoms with E-state index in [-0.39, 0.29) is 11.8 Å². The Bertz CT molecular complexity index is 1200. The molecule has 4 rings (SSSR count). The van der Waals surface area contributed by atoms with Gasteiger partial charge in [0, 0.05) is 12.6 Å². The third kappa shape index (κ3) is 3.88. The van der Waals surface area contributed by atoms with E-state index < -0.39 is 0 Å². The number of hydrogen-bond donors (Lipinski definition) is 2. The van der Waals surface area contributed by atoms with E-state index in [2.05, 4.69) is 20.7 Å². The molecule has 0 unspecified atom stereocenters. The summed E-state index contributed by atoms with van der Waals surface area (Å²) < 4.78 is 2.67. The van der Waals surface area contributed by atoms with E-state index in [9.17, 15) is 9.59 Å². The van der Waals surface area contributed by atoms with Crippen LogP contribution >= 0.6 is 11.3 Å². The van der Waals surface area contributed by atoms with E-state index in [0.29, 0.717) is 22.8 Å². The lowest BCUT2D eigenvalue weighted by atomic mass is 10.1. The van der Waals surface area contributed by atoms with Crippen molar-refractivity contribution in [3.8, 4) is 5.69 Å². The molecule has 0 saturated heterocycles. The minimum Gasteiger partial charge on any atom is -0.322 e. The van der Waals surface area contributed by atoms with E-state index in [1.807, 2.05) is 49.4 Å². The molecule has 2 aromatic heterocycles. The molecule has 0 fully saturated rings. The smallest absolute Gasteiger partial charge is 0.259 e. The Morgan fingerprint density at radius 2 is 1.90 bits per heavy atom. The molecule has 0 saturated carbocycles. The van der Waals surface area contributed by atoms with Gasteiger partial charge in [-0.25, -0.2) is 9.67 Å². The fraction of sp³-hybridized carbons (Fsp3) is 0.143. The number of amides is 2. The van der Waals surface area contributed by atoms with Crippen molar-refractivity contribution in [2.75, 3.05) is 10.6 Å². The maximum absolute atomic E-state index is 12.9. The minimum absolute atomic E-state index is 0.167. The second-order valence-electron chi connectivity index (χ2n) is 6.44. The normalized spacial score (nSPS) is 10.8. The van der Waals surface area contributed by atoms with Gasteiger partial charge >= 0.3 is 0 Å². The Hall–Kier alpha value is -3.52. The van der Waals surface area contributed by atoms with Gasteiger partial charge in [0.1, 0.15) is 0 Å². The van der Waals surface area contributed by atoms with Crippen LogP contribution in [0.5, 0.6) is 0 Å². The van der Waals surface area contributed by atoms with Crippen molar-refractivity contribution in [2.45, 2.75) is 20.3 Å². The predicted molar refractivity (Wildman–Crippen MR) is 115 cm³/mol. The molecule has 2 N–H and O–H groups in total. The maximum atomic E-state index is 12.9. The van der Waals surface area contributed by atoms with Gasteiger partial charge in [0.2, 0.25) is 5.91 Å². The van der Waals surface area contributed by atoms with Crippen LogP contribution in [0.15, 0.2) is 54.7 Å². The predicted octanol–water partition coefficient (Wildman–Crippen LogP) is 4.26. The van der Waals surface area contributed by atoms with Crippen LogP contribution in [0.25, 0.3) is 15.9 Å². The lowest BCUT2D eigenvalue weighted by Gasteiger charge is -2.08. The third-order valence-corrected chi connectivity index (χ3v) is 5.31. The van der Waals surface area contributed by atoms with Crippen molar-refractivity contribution < 1.29 is 9.59 Å². The van der Waals surface area contributed by atoms with Crippen LogP contribution in [-0.2, 0) is 11.2 Å². The zero-order chi connectivity index (χ0) is 20.4. The average Bonchev–Trinajstić information content (AvgIpc) is 3.31. The molecule has 2 amide bonds. The van der Waals surface area contributed by atoms with Crippen LogP contribution < -0.4 is 10.6 Å². The fourth-order valence-electron chi connectivity index (χ4n) is 3.10. The molecule has 0 aliphatic rings. The van der Waals surface area contributed by atoms with Gasteiger partial charge in [-0.3, -0.25) is 9.59 Å². The lowest BCUT2D eigenvalue weighted by molar-refractivity contribution is -0.114. The Labute approximate surface area is 171 Å². The van der Waals surface area contributed by atoms with E-state index in [0.717, 1.165) is 21.6 Å². The van der Waals surface area contributed by atoms with Crippen molar-refractivity contribution in [1.29, 1.82) is 0 Å². The molecule has 8 heteroatoms. The van der Waals surface area contributed by atoms with Gasteiger partial charge in [0.15, 0.2) is 5.13 Å². The lowest BCUT2D eigenvalue weighted by Crippen LogP contribution is -2.14. The van der Waals surface area contributed by atoms with Gasteiger partial charge in [0.25, 0.3) is 5.91 Å². The molecule has 2 heterocycles. The highest BCUT2D eigenvalue weighted by Gasteiger charge is 2.17. The summed E-state index contributed by atoms with van der Waals surface area (Å²) in [6.07, 6.45) is 2.27. The van der Waals surface area contributed by atoms with Crippen LogP contribution in [0.4, 0.5) is 10.8 Å². The molecule has 29 heavy (non-hydrogen) atoms. The monoisotopic (exact) mass is 405 g/mol. The number of hydrogen-bond acceptors (Lipinski definition) is 5. The number of carbonyl (C=O) groups excluding carboxylic acids is 2. The molecule has 7 nitrogen and oxygen atoms in total. The maximum Gasteiger partial charge on any atom is 0.259 e. The average molecular weight is 405 g/mol. The summed E-state index contributed by atoms with van der Waals surface area (Å²) in [4.78, 5) is 28.5. The van der Waals surface area contributed by atoms with Gasteiger partial charge in [-0.05, 0) is 36.8 Å². The van der Waals surface area contributed by atoms with Crippen LogP contribution in [0, 0.1) is 0 Å². The highest BCUT2D eigenvalue weighted by molar-refractivity contribution is 7.22. The summed E-state index contributed by atoms with van der Waals surface area (Å²) in [7, 11) is 0. The number of benzene rings is 2. The van der Waals surface area contributed by atoms with Gasteiger partial charge < -0.3 is 10.6 Å². The molecule has 0 aliphatic heterocycles. The zero-order valence-corrected chi connectivity index (χ0v) is 16.8. The molecule has 0 atom stereocenters. The molecule has 2 aromatic carbocycles. The van der Waals surface area contributed by atoms with Crippen LogP contribution in [0.1, 0.15) is 29.9 Å². The molecule has 146 valence electrons. The van der Waals surface area contributed by atoms with E-state index in [1.54, 1.807) is 16.9 Å². The molecule has 0 radical (unpaired) electrons. The van der Waals surface area contributed by atoms with E-state index >= 15 is 0 Å². The van der Waals surface area contributed by atoms with Crippen LogP contribution in [0.3, 0.4) is 0 Å². The number of rotatable bonds is 5. The van der Waals surface area contributed by atoms with Crippen molar-refractivity contribution in [2.24, 2.45) is 0 Å². The van der Waals surface area contributed by atoms with Crippen molar-refractivity contribution >= 4 is 44.2 Å². The van der Waals surface area contributed by atoms with E-state index in [4.69, 9.17) is 0 Å². The number of nitrogens with one attached hydrogen (secondary N) is 2. The first kappa shape index (κ1) is 18.8. The number of carbonyl (C=O) groups is 2. The summed E-state index contributed by atoms with van der Waals surface area (Å²) >= 11 is 1.36. The molecule has 0 spiro atoms. The highest BCUT2D eigenvalue weighted by atomic mass is 32.1. The van der Waals surface area contributed by atoms with Crippen molar-refractivity contribution in [3.63, 3.8) is 0 Å². The number of aromatic nitrogens is 3. The molecule has 0 bridgehead atoms. The zero-order valence-electron chi connectivity index (χ0n) is 16.0. The summed E-state index contributed by atoms with van der Waals surface area (Å²) in [5.41, 5.74) is 3.73. The number of nitrogens with zero attached hydrogens (tertiary/aromatic N) is 3. The van der Waals surface area contributed by atoms with Crippen molar-refractivity contribution in [3.05, 3.63) is 66.0 Å².